The van der Waals surface area contributed by atoms with E-state index >= 15 is 0 Å². The highest BCUT2D eigenvalue weighted by molar-refractivity contribution is 7.84. The molecule has 0 aliphatic carbocycles. The number of hydrogen-bond acceptors (Lipinski definition) is 4. The van der Waals surface area contributed by atoms with Crippen LogP contribution in [-0.4, -0.2) is 34.3 Å². The zero-order valence-corrected chi connectivity index (χ0v) is 12.3. The van der Waals surface area contributed by atoms with E-state index in [4.69, 9.17) is 8.92 Å². The number of unbranched alkanes of at least 4 members (excludes halogenated alkanes) is 2. The minimum absolute atomic E-state index is 0.112. The average Bonchev–Trinajstić information content (AvgIpc) is 2.47. The predicted octanol–water partition coefficient (Wildman–Crippen LogP) is 1.84. The molecule has 0 aromatic rings. The van der Waals surface area contributed by atoms with Crippen molar-refractivity contribution >= 4 is 10.3 Å². The van der Waals surface area contributed by atoms with Crippen LogP contribution in [0.3, 0.4) is 0 Å². The van der Waals surface area contributed by atoms with Gasteiger partial charge in [-0.05, 0) is 18.8 Å². The monoisotopic (exact) mass is 279 g/mol. The van der Waals surface area contributed by atoms with Crippen molar-refractivity contribution in [2.45, 2.75) is 58.1 Å². The predicted molar refractivity (Wildman–Crippen MR) is 70.5 cm³/mol. The lowest BCUT2D eigenvalue weighted by Crippen LogP contribution is -2.46. The molecule has 0 amide bonds. The maximum Gasteiger partial charge on any atom is 0.336 e. The molecule has 0 spiro atoms. The fourth-order valence-corrected chi connectivity index (χ4v) is 3.47. The van der Waals surface area contributed by atoms with E-state index in [1.165, 1.54) is 12.8 Å². The Labute approximate surface area is 110 Å². The van der Waals surface area contributed by atoms with Gasteiger partial charge in [0.05, 0.1) is 18.8 Å². The SMILES string of the molecule is CCCCC[C@H](C)C1NS(=O)(=O)OCC[C@H]1OC. The van der Waals surface area contributed by atoms with Crippen LogP contribution in [0.4, 0.5) is 0 Å². The summed E-state index contributed by atoms with van der Waals surface area (Å²) in [6.45, 7) is 4.41. The Hall–Kier alpha value is -0.170. The van der Waals surface area contributed by atoms with Gasteiger partial charge in [-0.2, -0.15) is 13.1 Å². The number of methoxy groups -OCH3 is 1. The van der Waals surface area contributed by atoms with Gasteiger partial charge in [-0.1, -0.05) is 33.1 Å². The van der Waals surface area contributed by atoms with Gasteiger partial charge in [0.15, 0.2) is 0 Å². The molecule has 1 N–H and O–H groups in total. The third-order valence-electron chi connectivity index (χ3n) is 3.50. The Bertz CT molecular complexity index is 331. The van der Waals surface area contributed by atoms with Crippen molar-refractivity contribution in [1.82, 2.24) is 4.72 Å². The van der Waals surface area contributed by atoms with Gasteiger partial charge in [0.2, 0.25) is 0 Å². The topological polar surface area (TPSA) is 64.6 Å². The molecule has 0 aromatic heterocycles. The summed E-state index contributed by atoms with van der Waals surface area (Å²) in [7, 11) is -2.00. The van der Waals surface area contributed by atoms with E-state index < -0.39 is 10.3 Å². The third kappa shape index (κ3) is 4.84. The Morgan fingerprint density at radius 1 is 1.44 bits per heavy atom. The lowest BCUT2D eigenvalue weighted by molar-refractivity contribution is 0.0486. The van der Waals surface area contributed by atoms with E-state index in [2.05, 4.69) is 18.6 Å². The lowest BCUT2D eigenvalue weighted by Gasteiger charge is -2.28. The van der Waals surface area contributed by atoms with Crippen molar-refractivity contribution < 1.29 is 17.3 Å². The van der Waals surface area contributed by atoms with Crippen LogP contribution in [0.25, 0.3) is 0 Å². The molecule has 0 bridgehead atoms. The van der Waals surface area contributed by atoms with E-state index in [0.717, 1.165) is 12.8 Å². The molecule has 6 heteroatoms. The maximum atomic E-state index is 11.6. The second-order valence-electron chi connectivity index (χ2n) is 4.96. The van der Waals surface area contributed by atoms with Crippen molar-refractivity contribution in [2.75, 3.05) is 13.7 Å². The van der Waals surface area contributed by atoms with Crippen LogP contribution in [0.2, 0.25) is 0 Å². The molecule has 0 aromatic carbocycles. The van der Waals surface area contributed by atoms with Gasteiger partial charge in [-0.3, -0.25) is 4.18 Å². The molecular formula is C12H25NO4S. The van der Waals surface area contributed by atoms with Crippen LogP contribution in [0.15, 0.2) is 0 Å². The first-order valence-corrected chi connectivity index (χ1v) is 8.10. The summed E-state index contributed by atoms with van der Waals surface area (Å²) in [6.07, 6.45) is 4.95. The van der Waals surface area contributed by atoms with Crippen LogP contribution in [0.1, 0.15) is 46.0 Å². The van der Waals surface area contributed by atoms with Crippen molar-refractivity contribution in [1.29, 1.82) is 0 Å². The number of ether oxygens (including phenoxy) is 1. The Kier molecular flexibility index (Phi) is 6.55. The summed E-state index contributed by atoms with van der Waals surface area (Å²) in [4.78, 5) is 0. The Morgan fingerprint density at radius 2 is 2.17 bits per heavy atom. The first kappa shape index (κ1) is 15.9. The standard InChI is InChI=1S/C12H25NO4S/c1-4-5-6-7-10(2)12-11(16-3)8-9-17-18(14,15)13-12/h10-13H,4-9H2,1-3H3/t10-,11+,12?/m0/s1. The molecule has 0 saturated carbocycles. The van der Waals surface area contributed by atoms with Gasteiger partial charge in [0, 0.05) is 7.11 Å². The van der Waals surface area contributed by atoms with E-state index in [1.54, 1.807) is 7.11 Å². The molecule has 108 valence electrons. The van der Waals surface area contributed by atoms with E-state index in [9.17, 15) is 8.42 Å². The summed E-state index contributed by atoms with van der Waals surface area (Å²) >= 11 is 0. The molecule has 1 heterocycles. The zero-order valence-electron chi connectivity index (χ0n) is 11.5. The fraction of sp³-hybridized carbons (Fsp3) is 1.00. The van der Waals surface area contributed by atoms with Crippen LogP contribution in [-0.2, 0) is 19.2 Å². The van der Waals surface area contributed by atoms with Crippen molar-refractivity contribution in [3.8, 4) is 0 Å². The van der Waals surface area contributed by atoms with Crippen LogP contribution >= 0.6 is 0 Å². The van der Waals surface area contributed by atoms with Gasteiger partial charge >= 0.3 is 10.3 Å². The van der Waals surface area contributed by atoms with Crippen LogP contribution in [0, 0.1) is 5.92 Å². The van der Waals surface area contributed by atoms with Crippen molar-refractivity contribution in [2.24, 2.45) is 5.92 Å². The fourth-order valence-electron chi connectivity index (χ4n) is 2.37. The zero-order chi connectivity index (χ0) is 13.6. The summed E-state index contributed by atoms with van der Waals surface area (Å²) < 4.78 is 36.0. The minimum Gasteiger partial charge on any atom is -0.380 e. The quantitative estimate of drug-likeness (QED) is 0.754. The van der Waals surface area contributed by atoms with E-state index in [0.29, 0.717) is 6.42 Å². The second-order valence-corrected chi connectivity index (χ2v) is 6.34. The van der Waals surface area contributed by atoms with Crippen molar-refractivity contribution in [3.63, 3.8) is 0 Å². The average molecular weight is 279 g/mol. The third-order valence-corrected chi connectivity index (χ3v) is 4.54. The van der Waals surface area contributed by atoms with Gasteiger partial charge in [-0.25, -0.2) is 0 Å². The largest absolute Gasteiger partial charge is 0.380 e. The Morgan fingerprint density at radius 3 is 2.78 bits per heavy atom. The smallest absolute Gasteiger partial charge is 0.336 e. The number of rotatable bonds is 6. The Balaban J connectivity index is 2.66. The van der Waals surface area contributed by atoms with Crippen molar-refractivity contribution in [3.05, 3.63) is 0 Å². The molecule has 1 rings (SSSR count). The van der Waals surface area contributed by atoms with Gasteiger partial charge in [0.1, 0.15) is 0 Å². The summed E-state index contributed by atoms with van der Waals surface area (Å²) in [5, 5.41) is 0. The van der Waals surface area contributed by atoms with Gasteiger partial charge in [-0.15, -0.1) is 0 Å². The van der Waals surface area contributed by atoms with E-state index in [1.807, 2.05) is 0 Å². The molecule has 1 unspecified atom stereocenters. The first-order chi connectivity index (χ1) is 8.50. The molecule has 0 radical (unpaired) electrons. The van der Waals surface area contributed by atoms with Gasteiger partial charge < -0.3 is 4.74 Å². The first-order valence-electron chi connectivity index (χ1n) is 6.69. The second kappa shape index (κ2) is 7.43. The highest BCUT2D eigenvalue weighted by Crippen LogP contribution is 2.22. The molecule has 18 heavy (non-hydrogen) atoms. The van der Waals surface area contributed by atoms with Crippen LogP contribution in [0.5, 0.6) is 0 Å². The van der Waals surface area contributed by atoms with Gasteiger partial charge in [0.25, 0.3) is 0 Å². The highest BCUT2D eigenvalue weighted by atomic mass is 32.2. The minimum atomic E-state index is -3.62. The molecule has 1 saturated heterocycles. The molecule has 1 aliphatic rings. The molecule has 1 aliphatic heterocycles. The highest BCUT2D eigenvalue weighted by Gasteiger charge is 2.33. The molecule has 1 fully saturated rings. The van der Waals surface area contributed by atoms with Crippen LogP contribution < -0.4 is 4.72 Å². The lowest BCUT2D eigenvalue weighted by atomic mass is 9.91. The maximum absolute atomic E-state index is 11.6. The number of nitrogens with one attached hydrogen (secondary N) is 1. The summed E-state index contributed by atoms with van der Waals surface area (Å²) in [5.74, 6) is 0.248. The number of hydrogen-bond donors (Lipinski definition) is 1. The molecule has 5 nitrogen and oxygen atoms in total. The normalized spacial score (nSPS) is 29.7. The molecular weight excluding hydrogens is 254 g/mol. The van der Waals surface area contributed by atoms with E-state index in [-0.39, 0.29) is 24.7 Å². The summed E-state index contributed by atoms with van der Waals surface area (Å²) in [5.41, 5.74) is 0. The summed E-state index contributed by atoms with van der Waals surface area (Å²) in [6, 6.07) is -0.195. The molecule has 3 atom stereocenters.